The molecule has 0 saturated carbocycles. The highest BCUT2D eigenvalue weighted by Gasteiger charge is 2.05. The average molecular weight is 267 g/mol. The minimum Gasteiger partial charge on any atom is -0.488 e. The van der Waals surface area contributed by atoms with Crippen LogP contribution in [0.1, 0.15) is 25.7 Å². The zero-order valence-electron chi connectivity index (χ0n) is 8.71. The molecule has 1 aliphatic carbocycles. The van der Waals surface area contributed by atoms with E-state index in [-0.39, 0.29) is 0 Å². The predicted octanol–water partition coefficient (Wildman–Crippen LogP) is 4.33. The van der Waals surface area contributed by atoms with Gasteiger partial charge in [-0.1, -0.05) is 18.2 Å². The molecule has 0 N–H and O–H groups in total. The summed E-state index contributed by atoms with van der Waals surface area (Å²) in [5, 5.41) is 0. The maximum atomic E-state index is 5.76. The van der Waals surface area contributed by atoms with Crippen LogP contribution in [0.4, 0.5) is 0 Å². The highest BCUT2D eigenvalue weighted by atomic mass is 79.9. The Bertz CT molecular complexity index is 357. The van der Waals surface area contributed by atoms with Crippen molar-refractivity contribution in [3.8, 4) is 5.75 Å². The first-order valence-electron chi connectivity index (χ1n) is 5.41. The third kappa shape index (κ3) is 3.10. The number of allylic oxidation sites excluding steroid dienone is 1. The third-order valence-corrected chi connectivity index (χ3v) is 3.29. The summed E-state index contributed by atoms with van der Waals surface area (Å²) in [6, 6.07) is 7.99. The van der Waals surface area contributed by atoms with Crippen molar-refractivity contribution in [2.45, 2.75) is 25.7 Å². The van der Waals surface area contributed by atoms with Crippen molar-refractivity contribution in [3.63, 3.8) is 0 Å². The van der Waals surface area contributed by atoms with E-state index < -0.39 is 0 Å². The van der Waals surface area contributed by atoms with Crippen molar-refractivity contribution in [2.24, 2.45) is 0 Å². The normalized spacial score (nSPS) is 15.9. The Morgan fingerprint density at radius 2 is 2.07 bits per heavy atom. The van der Waals surface area contributed by atoms with E-state index in [2.05, 4.69) is 22.0 Å². The minimum absolute atomic E-state index is 0.739. The zero-order chi connectivity index (χ0) is 10.5. The van der Waals surface area contributed by atoms with Gasteiger partial charge >= 0.3 is 0 Å². The third-order valence-electron chi connectivity index (χ3n) is 2.63. The molecule has 1 aromatic carbocycles. The molecular formula is C13H15BrO. The molecular weight excluding hydrogens is 252 g/mol. The summed E-state index contributed by atoms with van der Waals surface area (Å²) >= 11 is 3.48. The Kier molecular flexibility index (Phi) is 3.84. The SMILES string of the molecule is Brc1ccccc1OCC1=CCCCC1. The molecule has 0 unspecified atom stereocenters. The number of hydrogen-bond donors (Lipinski definition) is 0. The summed E-state index contributed by atoms with van der Waals surface area (Å²) < 4.78 is 6.79. The van der Waals surface area contributed by atoms with Crippen LogP contribution in [-0.4, -0.2) is 6.61 Å². The molecule has 15 heavy (non-hydrogen) atoms. The lowest BCUT2D eigenvalue weighted by Crippen LogP contribution is -2.04. The summed E-state index contributed by atoms with van der Waals surface area (Å²) in [6.45, 7) is 0.739. The molecule has 80 valence electrons. The summed E-state index contributed by atoms with van der Waals surface area (Å²) in [7, 11) is 0. The number of halogens is 1. The van der Waals surface area contributed by atoms with Gasteiger partial charge in [-0.05, 0) is 59.3 Å². The van der Waals surface area contributed by atoms with Crippen molar-refractivity contribution in [1.82, 2.24) is 0 Å². The molecule has 0 heterocycles. The molecule has 1 aromatic rings. The molecule has 1 nitrogen and oxygen atoms in total. The molecule has 0 saturated heterocycles. The standard InChI is InChI=1S/C13H15BrO/c14-12-8-4-5-9-13(12)15-10-11-6-2-1-3-7-11/h4-6,8-9H,1-3,7,10H2. The summed E-state index contributed by atoms with van der Waals surface area (Å²) in [4.78, 5) is 0. The van der Waals surface area contributed by atoms with Crippen LogP contribution in [-0.2, 0) is 0 Å². The van der Waals surface area contributed by atoms with Gasteiger partial charge in [0.25, 0.3) is 0 Å². The van der Waals surface area contributed by atoms with E-state index in [4.69, 9.17) is 4.74 Å². The average Bonchev–Trinajstić information content (AvgIpc) is 2.29. The summed E-state index contributed by atoms with van der Waals surface area (Å²) in [5.74, 6) is 0.934. The fourth-order valence-electron chi connectivity index (χ4n) is 1.77. The van der Waals surface area contributed by atoms with Crippen molar-refractivity contribution in [3.05, 3.63) is 40.4 Å². The van der Waals surface area contributed by atoms with Crippen LogP contribution in [0.25, 0.3) is 0 Å². The fourth-order valence-corrected chi connectivity index (χ4v) is 2.17. The van der Waals surface area contributed by atoms with E-state index >= 15 is 0 Å². The Morgan fingerprint density at radius 3 is 2.80 bits per heavy atom. The van der Waals surface area contributed by atoms with Crippen LogP contribution in [0.15, 0.2) is 40.4 Å². The van der Waals surface area contributed by atoms with Gasteiger partial charge in [-0.3, -0.25) is 0 Å². The molecule has 0 atom stereocenters. The number of rotatable bonds is 3. The van der Waals surface area contributed by atoms with Crippen molar-refractivity contribution in [1.29, 1.82) is 0 Å². The molecule has 0 fully saturated rings. The number of benzene rings is 1. The first kappa shape index (κ1) is 10.7. The second-order valence-corrected chi connectivity index (χ2v) is 4.68. The Hall–Kier alpha value is -0.760. The zero-order valence-corrected chi connectivity index (χ0v) is 10.3. The Balaban J connectivity index is 1.93. The Morgan fingerprint density at radius 1 is 1.20 bits per heavy atom. The molecule has 0 amide bonds. The molecule has 1 aliphatic rings. The highest BCUT2D eigenvalue weighted by molar-refractivity contribution is 9.10. The number of ether oxygens (including phenoxy) is 1. The van der Waals surface area contributed by atoms with E-state index in [1.807, 2.05) is 24.3 Å². The van der Waals surface area contributed by atoms with E-state index in [9.17, 15) is 0 Å². The predicted molar refractivity (Wildman–Crippen MR) is 66.2 cm³/mol. The van der Waals surface area contributed by atoms with Crippen molar-refractivity contribution in [2.75, 3.05) is 6.61 Å². The van der Waals surface area contributed by atoms with Gasteiger partial charge in [0.05, 0.1) is 4.47 Å². The quantitative estimate of drug-likeness (QED) is 0.741. The topological polar surface area (TPSA) is 9.23 Å². The van der Waals surface area contributed by atoms with E-state index in [0.717, 1.165) is 16.8 Å². The summed E-state index contributed by atoms with van der Waals surface area (Å²) in [5.41, 5.74) is 1.44. The molecule has 2 rings (SSSR count). The molecule has 2 heteroatoms. The van der Waals surface area contributed by atoms with Crippen molar-refractivity contribution < 1.29 is 4.74 Å². The van der Waals surface area contributed by atoms with Gasteiger partial charge in [-0.25, -0.2) is 0 Å². The smallest absolute Gasteiger partial charge is 0.133 e. The maximum absolute atomic E-state index is 5.76. The van der Waals surface area contributed by atoms with Gasteiger partial charge in [0.2, 0.25) is 0 Å². The fraction of sp³-hybridized carbons (Fsp3) is 0.385. The monoisotopic (exact) mass is 266 g/mol. The maximum Gasteiger partial charge on any atom is 0.133 e. The molecule has 0 radical (unpaired) electrons. The Labute approximate surface area is 99.3 Å². The van der Waals surface area contributed by atoms with Gasteiger partial charge in [0.15, 0.2) is 0 Å². The van der Waals surface area contributed by atoms with Crippen LogP contribution in [0.5, 0.6) is 5.75 Å². The van der Waals surface area contributed by atoms with Crippen molar-refractivity contribution >= 4 is 15.9 Å². The van der Waals surface area contributed by atoms with Gasteiger partial charge in [-0.15, -0.1) is 0 Å². The highest BCUT2D eigenvalue weighted by Crippen LogP contribution is 2.25. The molecule has 0 aromatic heterocycles. The lowest BCUT2D eigenvalue weighted by Gasteiger charge is -2.14. The molecule has 0 bridgehead atoms. The van der Waals surface area contributed by atoms with Crippen LogP contribution in [0.2, 0.25) is 0 Å². The summed E-state index contributed by atoms with van der Waals surface area (Å²) in [6.07, 6.45) is 7.38. The van der Waals surface area contributed by atoms with Crippen LogP contribution >= 0.6 is 15.9 Å². The first-order chi connectivity index (χ1) is 7.36. The van der Waals surface area contributed by atoms with Crippen LogP contribution < -0.4 is 4.74 Å². The van der Waals surface area contributed by atoms with Gasteiger partial charge < -0.3 is 4.74 Å². The second-order valence-electron chi connectivity index (χ2n) is 3.83. The van der Waals surface area contributed by atoms with Crippen LogP contribution in [0, 0.1) is 0 Å². The van der Waals surface area contributed by atoms with Gasteiger partial charge in [0, 0.05) is 0 Å². The van der Waals surface area contributed by atoms with Crippen LogP contribution in [0.3, 0.4) is 0 Å². The lowest BCUT2D eigenvalue weighted by molar-refractivity contribution is 0.341. The van der Waals surface area contributed by atoms with E-state index in [0.29, 0.717) is 0 Å². The van der Waals surface area contributed by atoms with E-state index in [1.165, 1.54) is 31.3 Å². The molecule has 0 aliphatic heterocycles. The first-order valence-corrected chi connectivity index (χ1v) is 6.21. The number of hydrogen-bond acceptors (Lipinski definition) is 1. The molecule has 0 spiro atoms. The van der Waals surface area contributed by atoms with Gasteiger partial charge in [0.1, 0.15) is 12.4 Å². The van der Waals surface area contributed by atoms with E-state index in [1.54, 1.807) is 0 Å². The largest absolute Gasteiger partial charge is 0.488 e. The minimum atomic E-state index is 0.739. The lowest BCUT2D eigenvalue weighted by atomic mass is 10.0. The number of para-hydroxylation sites is 1. The van der Waals surface area contributed by atoms with Gasteiger partial charge in [-0.2, -0.15) is 0 Å². The second kappa shape index (κ2) is 5.36.